The largest absolute Gasteiger partial charge is 0.492 e. The molecule has 1 aromatic heterocycles. The van der Waals surface area contributed by atoms with Gasteiger partial charge in [-0.15, -0.1) is 0 Å². The Morgan fingerprint density at radius 1 is 1.42 bits per heavy atom. The lowest BCUT2D eigenvalue weighted by molar-refractivity contribution is 0.455. The molecule has 0 bridgehead atoms. The standard InChI is InChI=1S/C13H11BrN4O/c1-15-13-17-11(12(19)18-13)4-7-6-16-10-5-8(14)2-3-9(7)10/h2-6,19H,1H3,(H2,15,17,18)/b7-4+. The Hall–Kier alpha value is -2.08. The van der Waals surface area contributed by atoms with Crippen molar-refractivity contribution in [2.24, 2.45) is 4.99 Å². The molecular formula is C13H11BrN4O. The maximum atomic E-state index is 9.74. The number of aromatic amines is 1. The molecule has 0 atom stereocenters. The normalized spacial score (nSPS) is 14.9. The molecule has 5 nitrogen and oxygen atoms in total. The predicted octanol–water partition coefficient (Wildman–Crippen LogP) is 3.18. The number of benzene rings is 1. The number of imidazole rings is 1. The zero-order valence-electron chi connectivity index (χ0n) is 10.1. The highest BCUT2D eigenvalue weighted by Gasteiger charge is 2.14. The Balaban J connectivity index is 2.03. The van der Waals surface area contributed by atoms with E-state index in [9.17, 15) is 5.11 Å². The van der Waals surface area contributed by atoms with Crippen molar-refractivity contribution in [3.8, 4) is 5.88 Å². The molecule has 0 amide bonds. The van der Waals surface area contributed by atoms with Crippen LogP contribution in [-0.4, -0.2) is 28.3 Å². The number of anilines is 1. The molecule has 1 aliphatic heterocycles. The molecule has 96 valence electrons. The minimum absolute atomic E-state index is 0.0317. The molecule has 19 heavy (non-hydrogen) atoms. The van der Waals surface area contributed by atoms with Crippen molar-refractivity contribution in [2.45, 2.75) is 0 Å². The van der Waals surface area contributed by atoms with Gasteiger partial charge in [0.1, 0.15) is 5.69 Å². The lowest BCUT2D eigenvalue weighted by Crippen LogP contribution is -1.89. The third-order valence-electron chi connectivity index (χ3n) is 2.86. The van der Waals surface area contributed by atoms with E-state index in [1.54, 1.807) is 13.3 Å². The zero-order valence-corrected chi connectivity index (χ0v) is 11.7. The first kappa shape index (κ1) is 12.0. The van der Waals surface area contributed by atoms with Gasteiger partial charge in [-0.3, -0.25) is 4.99 Å². The lowest BCUT2D eigenvalue weighted by Gasteiger charge is -1.99. The van der Waals surface area contributed by atoms with Gasteiger partial charge in [-0.05, 0) is 18.2 Å². The molecule has 1 aromatic carbocycles. The van der Waals surface area contributed by atoms with Gasteiger partial charge < -0.3 is 15.4 Å². The fourth-order valence-corrected chi connectivity index (χ4v) is 2.28. The quantitative estimate of drug-likeness (QED) is 0.796. The van der Waals surface area contributed by atoms with Gasteiger partial charge in [-0.25, -0.2) is 0 Å². The maximum Gasteiger partial charge on any atom is 0.238 e. The molecular weight excluding hydrogens is 308 g/mol. The molecule has 1 aliphatic rings. The number of fused-ring (bicyclic) bond motifs is 1. The van der Waals surface area contributed by atoms with Crippen LogP contribution in [0.1, 0.15) is 11.3 Å². The molecule has 0 unspecified atom stereocenters. The summed E-state index contributed by atoms with van der Waals surface area (Å²) in [6, 6.07) is 5.91. The summed E-state index contributed by atoms with van der Waals surface area (Å²) >= 11 is 3.42. The molecule has 3 N–H and O–H groups in total. The summed E-state index contributed by atoms with van der Waals surface area (Å²) in [5, 5.41) is 12.6. The molecule has 0 aliphatic carbocycles. The van der Waals surface area contributed by atoms with Crippen molar-refractivity contribution < 1.29 is 5.11 Å². The van der Waals surface area contributed by atoms with Crippen molar-refractivity contribution in [3.05, 3.63) is 33.9 Å². The third-order valence-corrected chi connectivity index (χ3v) is 3.36. The van der Waals surface area contributed by atoms with Gasteiger partial charge in [0.15, 0.2) is 0 Å². The average molecular weight is 319 g/mol. The Kier molecular flexibility index (Phi) is 2.87. The van der Waals surface area contributed by atoms with Gasteiger partial charge in [0, 0.05) is 28.9 Å². The van der Waals surface area contributed by atoms with E-state index in [0.717, 1.165) is 21.3 Å². The second-order valence-corrected chi connectivity index (χ2v) is 5.01. The average Bonchev–Trinajstić information content (AvgIpc) is 2.94. The van der Waals surface area contributed by atoms with E-state index in [4.69, 9.17) is 0 Å². The number of hydrogen-bond donors (Lipinski definition) is 3. The second kappa shape index (κ2) is 4.55. The van der Waals surface area contributed by atoms with Crippen LogP contribution in [0.15, 0.2) is 27.7 Å². The lowest BCUT2D eigenvalue weighted by atomic mass is 10.1. The van der Waals surface area contributed by atoms with Crippen LogP contribution in [0.5, 0.6) is 5.88 Å². The first-order valence-electron chi connectivity index (χ1n) is 5.70. The number of aliphatic imine (C=N–C) groups is 1. The minimum Gasteiger partial charge on any atom is -0.492 e. The number of hydrogen-bond acceptors (Lipinski definition) is 4. The highest BCUT2D eigenvalue weighted by atomic mass is 79.9. The van der Waals surface area contributed by atoms with E-state index in [2.05, 4.69) is 36.2 Å². The van der Waals surface area contributed by atoms with Crippen LogP contribution in [0.4, 0.5) is 11.6 Å². The van der Waals surface area contributed by atoms with Crippen LogP contribution in [0.3, 0.4) is 0 Å². The van der Waals surface area contributed by atoms with Crippen LogP contribution in [-0.2, 0) is 0 Å². The highest BCUT2D eigenvalue weighted by molar-refractivity contribution is 9.10. The van der Waals surface area contributed by atoms with Gasteiger partial charge in [-0.1, -0.05) is 22.0 Å². The summed E-state index contributed by atoms with van der Waals surface area (Å²) in [7, 11) is 1.74. The summed E-state index contributed by atoms with van der Waals surface area (Å²) in [4.78, 5) is 11.3. The number of aromatic nitrogens is 2. The van der Waals surface area contributed by atoms with Gasteiger partial charge >= 0.3 is 0 Å². The minimum atomic E-state index is -0.0317. The fourth-order valence-electron chi connectivity index (χ4n) is 1.93. The molecule has 6 heteroatoms. The van der Waals surface area contributed by atoms with E-state index in [1.807, 2.05) is 24.3 Å². The van der Waals surface area contributed by atoms with E-state index < -0.39 is 0 Å². The van der Waals surface area contributed by atoms with Crippen LogP contribution >= 0.6 is 15.9 Å². The van der Waals surface area contributed by atoms with Gasteiger partial charge in [-0.2, -0.15) is 4.98 Å². The van der Waals surface area contributed by atoms with E-state index >= 15 is 0 Å². The Labute approximate surface area is 118 Å². The summed E-state index contributed by atoms with van der Waals surface area (Å²) in [6.45, 7) is 0. The number of H-pyrrole nitrogens is 1. The second-order valence-electron chi connectivity index (χ2n) is 4.09. The van der Waals surface area contributed by atoms with Crippen LogP contribution in [0.25, 0.3) is 11.6 Å². The highest BCUT2D eigenvalue weighted by Crippen LogP contribution is 2.35. The molecule has 0 saturated carbocycles. The smallest absolute Gasteiger partial charge is 0.238 e. The Morgan fingerprint density at radius 3 is 3.00 bits per heavy atom. The Morgan fingerprint density at radius 2 is 2.26 bits per heavy atom. The van der Waals surface area contributed by atoms with Crippen LogP contribution in [0.2, 0.25) is 0 Å². The SMILES string of the molecule is CNc1nc(O)c(/C=C2\C=Nc3cc(Br)ccc32)[nH]1. The summed E-state index contributed by atoms with van der Waals surface area (Å²) in [5.41, 5.74) is 3.43. The number of rotatable bonds is 2. The van der Waals surface area contributed by atoms with Crippen LogP contribution < -0.4 is 5.32 Å². The number of allylic oxidation sites excluding steroid dienone is 1. The number of nitrogens with zero attached hydrogens (tertiary/aromatic N) is 2. The maximum absolute atomic E-state index is 9.74. The molecule has 0 saturated heterocycles. The summed E-state index contributed by atoms with van der Waals surface area (Å²) < 4.78 is 0.992. The van der Waals surface area contributed by atoms with Gasteiger partial charge in [0.05, 0.1) is 5.69 Å². The molecule has 0 fully saturated rings. The third kappa shape index (κ3) is 2.15. The van der Waals surface area contributed by atoms with Crippen molar-refractivity contribution in [1.82, 2.24) is 9.97 Å². The van der Waals surface area contributed by atoms with Gasteiger partial charge in [0.25, 0.3) is 0 Å². The summed E-state index contributed by atoms with van der Waals surface area (Å²) in [6.07, 6.45) is 3.60. The zero-order chi connectivity index (χ0) is 13.4. The molecule has 0 radical (unpaired) electrons. The molecule has 2 aromatic rings. The van der Waals surface area contributed by atoms with E-state index in [1.165, 1.54) is 0 Å². The summed E-state index contributed by atoms with van der Waals surface area (Å²) in [5.74, 6) is 0.492. The first-order valence-corrected chi connectivity index (χ1v) is 6.49. The predicted molar refractivity (Wildman–Crippen MR) is 80.0 cm³/mol. The monoisotopic (exact) mass is 318 g/mol. The molecule has 0 spiro atoms. The van der Waals surface area contributed by atoms with Crippen LogP contribution in [0, 0.1) is 0 Å². The van der Waals surface area contributed by atoms with Crippen molar-refractivity contribution in [2.75, 3.05) is 12.4 Å². The van der Waals surface area contributed by atoms with E-state index in [0.29, 0.717) is 11.6 Å². The Bertz CT molecular complexity index is 703. The fraction of sp³-hybridized carbons (Fsp3) is 0.0769. The topological polar surface area (TPSA) is 73.3 Å². The first-order chi connectivity index (χ1) is 9.17. The molecule has 2 heterocycles. The van der Waals surface area contributed by atoms with Crippen molar-refractivity contribution in [1.29, 1.82) is 0 Å². The number of halogens is 1. The van der Waals surface area contributed by atoms with Crippen molar-refractivity contribution >= 4 is 45.4 Å². The van der Waals surface area contributed by atoms with E-state index in [-0.39, 0.29) is 5.88 Å². The van der Waals surface area contributed by atoms with Crippen molar-refractivity contribution in [3.63, 3.8) is 0 Å². The number of aromatic hydroxyl groups is 1. The molecule has 3 rings (SSSR count). The van der Waals surface area contributed by atoms with Gasteiger partial charge in [0.2, 0.25) is 11.8 Å². The number of nitrogens with one attached hydrogen (secondary N) is 2.